The lowest BCUT2D eigenvalue weighted by Crippen LogP contribution is -2.30. The third kappa shape index (κ3) is 6.66. The molecule has 0 radical (unpaired) electrons. The predicted octanol–water partition coefficient (Wildman–Crippen LogP) is 4.61. The molecule has 3 aromatic rings. The minimum Gasteiger partial charge on any atom is -0.351 e. The molecule has 0 aliphatic heterocycles. The SMILES string of the molecule is CCS(=N)(=O)CCNC(=O)c1cc(Cl)cc(C)c1NC(=O)c1cc(C(F)(F)F)nn1-c1ncccc1C. The van der Waals surface area contributed by atoms with E-state index in [1.165, 1.54) is 18.3 Å². The number of halogens is 4. The number of carbonyl (C=O) groups excluding carboxylic acids is 2. The lowest BCUT2D eigenvalue weighted by Gasteiger charge is -2.16. The van der Waals surface area contributed by atoms with Crippen LogP contribution in [-0.4, -0.2) is 48.8 Å². The van der Waals surface area contributed by atoms with Crippen molar-refractivity contribution in [1.29, 1.82) is 4.78 Å². The zero-order valence-corrected chi connectivity index (χ0v) is 21.6. The Kier molecular flexibility index (Phi) is 8.28. The predicted molar refractivity (Wildman–Crippen MR) is 134 cm³/mol. The number of nitrogens with one attached hydrogen (secondary N) is 3. The van der Waals surface area contributed by atoms with Gasteiger partial charge in [0, 0.05) is 45.1 Å². The van der Waals surface area contributed by atoms with Crippen LogP contribution in [0.1, 0.15) is 44.6 Å². The van der Waals surface area contributed by atoms with Crippen LogP contribution >= 0.6 is 11.6 Å². The zero-order valence-electron chi connectivity index (χ0n) is 20.1. The van der Waals surface area contributed by atoms with Gasteiger partial charge in [-0.25, -0.2) is 13.9 Å². The maximum Gasteiger partial charge on any atom is 0.435 e. The van der Waals surface area contributed by atoms with Crippen LogP contribution in [0.25, 0.3) is 5.82 Å². The summed E-state index contributed by atoms with van der Waals surface area (Å²) < 4.78 is 60.8. The number of aryl methyl sites for hydroxylation is 2. The fraction of sp³-hybridized carbons (Fsp3) is 0.304. The minimum absolute atomic E-state index is 0.0213. The normalized spacial score (nSPS) is 13.2. The van der Waals surface area contributed by atoms with Crippen molar-refractivity contribution in [2.24, 2.45) is 0 Å². The average Bonchev–Trinajstić information content (AvgIpc) is 3.26. The van der Waals surface area contributed by atoms with E-state index in [0.29, 0.717) is 17.2 Å². The van der Waals surface area contributed by atoms with Crippen molar-refractivity contribution in [3.8, 4) is 5.82 Å². The molecule has 9 nitrogen and oxygen atoms in total. The summed E-state index contributed by atoms with van der Waals surface area (Å²) >= 11 is 6.11. The van der Waals surface area contributed by atoms with E-state index in [9.17, 15) is 27.0 Å². The van der Waals surface area contributed by atoms with Gasteiger partial charge in [-0.05, 0) is 43.2 Å². The maximum absolute atomic E-state index is 13.5. The Hall–Kier alpha value is -3.45. The van der Waals surface area contributed by atoms with Gasteiger partial charge in [-0.3, -0.25) is 14.4 Å². The molecule has 0 aliphatic rings. The molecule has 2 aromatic heterocycles. The smallest absolute Gasteiger partial charge is 0.351 e. The Morgan fingerprint density at radius 3 is 2.49 bits per heavy atom. The number of aromatic nitrogens is 3. The number of rotatable bonds is 8. The summed E-state index contributed by atoms with van der Waals surface area (Å²) in [7, 11) is -2.84. The molecule has 0 aliphatic carbocycles. The summed E-state index contributed by atoms with van der Waals surface area (Å²) in [4.78, 5) is 30.2. The molecule has 37 heavy (non-hydrogen) atoms. The van der Waals surface area contributed by atoms with Crippen molar-refractivity contribution in [2.45, 2.75) is 26.9 Å². The van der Waals surface area contributed by atoms with Crippen molar-refractivity contribution in [3.05, 3.63) is 69.6 Å². The Balaban J connectivity index is 1.99. The molecule has 2 heterocycles. The number of nitrogens with zero attached hydrogens (tertiary/aromatic N) is 3. The van der Waals surface area contributed by atoms with Gasteiger partial charge < -0.3 is 10.6 Å². The van der Waals surface area contributed by atoms with Crippen molar-refractivity contribution in [2.75, 3.05) is 23.4 Å². The molecule has 0 saturated carbocycles. The molecule has 0 bridgehead atoms. The third-order valence-electron chi connectivity index (χ3n) is 5.38. The minimum atomic E-state index is -4.82. The van der Waals surface area contributed by atoms with Crippen LogP contribution < -0.4 is 10.6 Å². The molecule has 14 heteroatoms. The van der Waals surface area contributed by atoms with E-state index in [-0.39, 0.29) is 40.1 Å². The second-order valence-electron chi connectivity index (χ2n) is 8.13. The van der Waals surface area contributed by atoms with Gasteiger partial charge in [-0.2, -0.15) is 18.3 Å². The first-order chi connectivity index (χ1) is 17.2. The number of hydrogen-bond donors (Lipinski definition) is 3. The first kappa shape index (κ1) is 28.1. The number of alkyl halides is 3. The van der Waals surface area contributed by atoms with Crippen LogP contribution in [0.3, 0.4) is 0 Å². The molecule has 0 saturated heterocycles. The molecule has 198 valence electrons. The molecule has 1 unspecified atom stereocenters. The van der Waals surface area contributed by atoms with Crippen LogP contribution in [0.4, 0.5) is 18.9 Å². The van der Waals surface area contributed by atoms with E-state index in [1.54, 1.807) is 32.9 Å². The summed E-state index contributed by atoms with van der Waals surface area (Å²) in [5, 5.41) is 8.80. The summed E-state index contributed by atoms with van der Waals surface area (Å²) in [6, 6.07) is 6.57. The largest absolute Gasteiger partial charge is 0.435 e. The average molecular weight is 557 g/mol. The molecule has 2 amide bonds. The van der Waals surface area contributed by atoms with Gasteiger partial charge in [0.15, 0.2) is 11.5 Å². The summed E-state index contributed by atoms with van der Waals surface area (Å²) in [6.45, 7) is 4.72. The fourth-order valence-electron chi connectivity index (χ4n) is 3.38. The summed E-state index contributed by atoms with van der Waals surface area (Å²) in [5.41, 5.74) is -0.917. The molecule has 0 spiro atoms. The quantitative estimate of drug-likeness (QED) is 0.373. The van der Waals surface area contributed by atoms with E-state index >= 15 is 0 Å². The molecule has 3 rings (SSSR count). The maximum atomic E-state index is 13.5. The molecule has 3 N–H and O–H groups in total. The van der Waals surface area contributed by atoms with Gasteiger partial charge in [0.25, 0.3) is 11.8 Å². The van der Waals surface area contributed by atoms with Crippen LogP contribution in [0.2, 0.25) is 5.02 Å². The summed E-state index contributed by atoms with van der Waals surface area (Å²) in [5.74, 6) is -1.54. The van der Waals surface area contributed by atoms with Crippen molar-refractivity contribution in [3.63, 3.8) is 0 Å². The molecule has 1 aromatic carbocycles. The van der Waals surface area contributed by atoms with E-state index in [1.807, 2.05) is 0 Å². The van der Waals surface area contributed by atoms with Gasteiger partial charge in [0.2, 0.25) is 0 Å². The highest BCUT2D eigenvalue weighted by Crippen LogP contribution is 2.31. The Labute approximate surface area is 216 Å². The highest BCUT2D eigenvalue weighted by atomic mass is 35.5. The molecular formula is C23H24ClF3N6O3S. The van der Waals surface area contributed by atoms with Crippen LogP contribution in [0.15, 0.2) is 36.5 Å². The number of benzene rings is 1. The van der Waals surface area contributed by atoms with E-state index in [2.05, 4.69) is 20.7 Å². The van der Waals surface area contributed by atoms with Crippen molar-refractivity contribution >= 4 is 38.8 Å². The Bertz CT molecular complexity index is 1450. The Morgan fingerprint density at radius 1 is 1.16 bits per heavy atom. The van der Waals surface area contributed by atoms with Gasteiger partial charge in [0.1, 0.15) is 5.69 Å². The second kappa shape index (κ2) is 10.9. The third-order valence-corrected chi connectivity index (χ3v) is 7.40. The zero-order chi connectivity index (χ0) is 27.5. The fourth-order valence-corrected chi connectivity index (χ4v) is 4.37. The van der Waals surface area contributed by atoms with Gasteiger partial charge >= 0.3 is 6.18 Å². The molecule has 0 fully saturated rings. The topological polar surface area (TPSA) is 130 Å². The van der Waals surface area contributed by atoms with E-state index in [0.717, 1.165) is 4.68 Å². The first-order valence-corrected chi connectivity index (χ1v) is 13.2. The highest BCUT2D eigenvalue weighted by Gasteiger charge is 2.36. The lowest BCUT2D eigenvalue weighted by atomic mass is 10.1. The second-order valence-corrected chi connectivity index (χ2v) is 11.2. The van der Waals surface area contributed by atoms with Gasteiger partial charge in [0.05, 0.1) is 11.3 Å². The Morgan fingerprint density at radius 2 is 1.86 bits per heavy atom. The number of hydrogen-bond acceptors (Lipinski definition) is 6. The van der Waals surface area contributed by atoms with Crippen LogP contribution in [0.5, 0.6) is 0 Å². The summed E-state index contributed by atoms with van der Waals surface area (Å²) in [6.07, 6.45) is -3.46. The van der Waals surface area contributed by atoms with Gasteiger partial charge in [-0.1, -0.05) is 24.6 Å². The van der Waals surface area contributed by atoms with E-state index in [4.69, 9.17) is 16.4 Å². The van der Waals surface area contributed by atoms with Gasteiger partial charge in [-0.15, -0.1) is 0 Å². The van der Waals surface area contributed by atoms with Crippen LogP contribution in [0, 0.1) is 18.6 Å². The van der Waals surface area contributed by atoms with Crippen molar-refractivity contribution in [1.82, 2.24) is 20.1 Å². The molecular weight excluding hydrogens is 533 g/mol. The molecule has 1 atom stereocenters. The van der Waals surface area contributed by atoms with E-state index < -0.39 is 39.1 Å². The lowest BCUT2D eigenvalue weighted by molar-refractivity contribution is -0.141. The number of pyridine rings is 1. The standard InChI is InChI=1S/C23H24ClF3N6O3S/c1-4-37(28,36)9-8-30-21(34)16-11-15(24)10-14(3)19(16)31-22(35)17-12-18(23(25,26)27)32-33(17)20-13(2)6-5-7-29-20/h5-7,10-12,28H,4,8-9H2,1-3H3,(H,30,34)(H,31,35). The monoisotopic (exact) mass is 556 g/mol. The number of amides is 2. The van der Waals surface area contributed by atoms with Crippen LogP contribution in [-0.2, 0) is 15.9 Å². The van der Waals surface area contributed by atoms with Crippen molar-refractivity contribution < 1.29 is 27.0 Å². The highest BCUT2D eigenvalue weighted by molar-refractivity contribution is 7.92. The number of carbonyl (C=O) groups is 2. The number of anilines is 1. The first-order valence-electron chi connectivity index (χ1n) is 11.0.